The molecule has 144 valence electrons. The van der Waals surface area contributed by atoms with Gasteiger partial charge in [0.25, 0.3) is 5.82 Å². The molecule has 1 aliphatic rings. The van der Waals surface area contributed by atoms with E-state index in [4.69, 9.17) is 11.6 Å². The largest absolute Gasteiger partial charge is 0.335 e. The third-order valence-corrected chi connectivity index (χ3v) is 6.15. The first kappa shape index (κ1) is 19.6. The van der Waals surface area contributed by atoms with Gasteiger partial charge in [-0.05, 0) is 30.3 Å². The molecule has 1 saturated heterocycles. The molecule has 2 heterocycles. The number of sulfonamides is 1. The molecule has 0 spiro atoms. The number of nitrogens with zero attached hydrogens (tertiary/aromatic N) is 2. The summed E-state index contributed by atoms with van der Waals surface area (Å²) in [6, 6.07) is 11.8. The maximum Gasteiger partial charge on any atom is 0.274 e. The van der Waals surface area contributed by atoms with E-state index in [1.165, 1.54) is 24.3 Å². The van der Waals surface area contributed by atoms with E-state index in [1.807, 2.05) is 24.4 Å². The molecule has 0 aliphatic carbocycles. The van der Waals surface area contributed by atoms with Gasteiger partial charge in [-0.3, -0.25) is 9.69 Å². The lowest BCUT2D eigenvalue weighted by Crippen LogP contribution is -2.50. The Morgan fingerprint density at radius 1 is 1.07 bits per heavy atom. The minimum Gasteiger partial charge on any atom is -0.335 e. The number of benzene rings is 1. The van der Waals surface area contributed by atoms with Crippen molar-refractivity contribution in [3.05, 3.63) is 53.7 Å². The van der Waals surface area contributed by atoms with Crippen LogP contribution in [0.15, 0.2) is 53.6 Å². The normalized spacial score (nSPS) is 15.0. The third-order valence-electron chi connectivity index (χ3n) is 4.42. The number of piperazine rings is 1. The van der Waals surface area contributed by atoms with Crippen LogP contribution < -0.4 is 14.6 Å². The zero-order valence-corrected chi connectivity index (χ0v) is 16.3. The highest BCUT2D eigenvalue weighted by Crippen LogP contribution is 2.14. The van der Waals surface area contributed by atoms with E-state index in [0.717, 1.165) is 18.9 Å². The second kappa shape index (κ2) is 8.69. The number of amides is 1. The van der Waals surface area contributed by atoms with E-state index in [1.54, 1.807) is 4.90 Å². The topological polar surface area (TPSA) is 83.9 Å². The summed E-state index contributed by atoms with van der Waals surface area (Å²) < 4.78 is 26.9. The Labute approximate surface area is 164 Å². The lowest BCUT2D eigenvalue weighted by Gasteiger charge is -2.31. The highest BCUT2D eigenvalue weighted by Gasteiger charge is 2.26. The van der Waals surface area contributed by atoms with Crippen LogP contribution in [-0.2, 0) is 14.8 Å². The third kappa shape index (κ3) is 5.18. The maximum absolute atomic E-state index is 12.4. The van der Waals surface area contributed by atoms with Crippen LogP contribution in [0, 0.1) is 0 Å². The quantitative estimate of drug-likeness (QED) is 0.776. The standard InChI is InChI=1S/C18H21ClN4O3S/c19-15-4-6-16(7-5-15)27(25,26)21-10-8-18(24)23-13-11-22(12-14-23)17-3-1-2-9-20-17/h1-7,9,21H,8,10-14H2/p+1. The van der Waals surface area contributed by atoms with Gasteiger partial charge < -0.3 is 4.90 Å². The molecule has 7 nitrogen and oxygen atoms in total. The molecular formula is C18H22ClN4O3S+. The zero-order valence-electron chi connectivity index (χ0n) is 14.8. The molecule has 9 heteroatoms. The number of hydrogen-bond acceptors (Lipinski definition) is 4. The van der Waals surface area contributed by atoms with Gasteiger partial charge in [-0.2, -0.15) is 0 Å². The average molecular weight is 410 g/mol. The molecule has 0 bridgehead atoms. The van der Waals surface area contributed by atoms with Crippen LogP contribution in [0.5, 0.6) is 0 Å². The lowest BCUT2D eigenvalue weighted by molar-refractivity contribution is -0.364. The summed E-state index contributed by atoms with van der Waals surface area (Å²) in [6.07, 6.45) is 2.00. The number of aromatic nitrogens is 1. The first-order valence-corrected chi connectivity index (χ1v) is 10.6. The minimum atomic E-state index is -3.64. The highest BCUT2D eigenvalue weighted by molar-refractivity contribution is 7.89. The zero-order chi connectivity index (χ0) is 19.3. The van der Waals surface area contributed by atoms with Crippen molar-refractivity contribution in [1.29, 1.82) is 0 Å². The molecule has 0 radical (unpaired) electrons. The van der Waals surface area contributed by atoms with Crippen LogP contribution in [0.2, 0.25) is 5.02 Å². The molecule has 0 saturated carbocycles. The number of aromatic amines is 1. The number of carbonyl (C=O) groups excluding carboxylic acids is 1. The van der Waals surface area contributed by atoms with Crippen molar-refractivity contribution < 1.29 is 18.2 Å². The molecule has 27 heavy (non-hydrogen) atoms. The van der Waals surface area contributed by atoms with Crippen molar-refractivity contribution in [3.8, 4) is 0 Å². The van der Waals surface area contributed by atoms with Gasteiger partial charge >= 0.3 is 0 Å². The monoisotopic (exact) mass is 409 g/mol. The number of pyridine rings is 1. The van der Waals surface area contributed by atoms with E-state index >= 15 is 0 Å². The van der Waals surface area contributed by atoms with Crippen LogP contribution in [0.4, 0.5) is 5.82 Å². The highest BCUT2D eigenvalue weighted by atomic mass is 35.5. The summed E-state index contributed by atoms with van der Waals surface area (Å²) >= 11 is 5.77. The van der Waals surface area contributed by atoms with Crippen molar-refractivity contribution in [2.75, 3.05) is 37.6 Å². The Bertz CT molecular complexity index is 867. The van der Waals surface area contributed by atoms with E-state index in [0.29, 0.717) is 18.1 Å². The molecule has 1 aliphatic heterocycles. The fraction of sp³-hybridized carbons (Fsp3) is 0.333. The average Bonchev–Trinajstić information content (AvgIpc) is 2.69. The fourth-order valence-electron chi connectivity index (χ4n) is 2.92. The van der Waals surface area contributed by atoms with Crippen molar-refractivity contribution in [1.82, 2.24) is 9.62 Å². The number of rotatable bonds is 6. The molecule has 2 N–H and O–H groups in total. The lowest BCUT2D eigenvalue weighted by atomic mass is 10.2. The minimum absolute atomic E-state index is 0.0505. The number of H-pyrrole nitrogens is 1. The van der Waals surface area contributed by atoms with E-state index in [-0.39, 0.29) is 23.8 Å². The molecule has 3 rings (SSSR count). The molecule has 1 aromatic heterocycles. The molecule has 2 aromatic rings. The smallest absolute Gasteiger partial charge is 0.274 e. The predicted molar refractivity (Wildman–Crippen MR) is 103 cm³/mol. The van der Waals surface area contributed by atoms with Crippen LogP contribution >= 0.6 is 11.6 Å². The Morgan fingerprint density at radius 3 is 2.41 bits per heavy atom. The Hall–Kier alpha value is -2.16. The summed E-state index contributed by atoms with van der Waals surface area (Å²) in [4.78, 5) is 19.6. The molecule has 0 unspecified atom stereocenters. The Morgan fingerprint density at radius 2 is 1.78 bits per heavy atom. The fourth-order valence-corrected chi connectivity index (χ4v) is 4.08. The Kier molecular flexibility index (Phi) is 6.30. The second-order valence-corrected chi connectivity index (χ2v) is 8.42. The van der Waals surface area contributed by atoms with Gasteiger partial charge in [-0.25, -0.2) is 18.1 Å². The maximum atomic E-state index is 12.4. The van der Waals surface area contributed by atoms with Crippen molar-refractivity contribution >= 4 is 33.3 Å². The van der Waals surface area contributed by atoms with Gasteiger partial charge in [0.1, 0.15) is 13.1 Å². The van der Waals surface area contributed by atoms with E-state index < -0.39 is 10.0 Å². The summed E-state index contributed by atoms with van der Waals surface area (Å²) in [5, 5.41) is 0.469. The first-order chi connectivity index (χ1) is 13.0. The van der Waals surface area contributed by atoms with Gasteiger partial charge in [0.15, 0.2) is 0 Å². The number of halogens is 1. The molecule has 1 fully saturated rings. The Balaban J connectivity index is 1.45. The van der Waals surface area contributed by atoms with Crippen LogP contribution in [0.25, 0.3) is 0 Å². The molecular weight excluding hydrogens is 388 g/mol. The van der Waals surface area contributed by atoms with Crippen LogP contribution in [0.1, 0.15) is 6.42 Å². The summed E-state index contributed by atoms with van der Waals surface area (Å²) in [6.45, 7) is 2.78. The molecule has 0 atom stereocenters. The molecule has 1 aromatic carbocycles. The van der Waals surface area contributed by atoms with Gasteiger partial charge in [0, 0.05) is 24.1 Å². The van der Waals surface area contributed by atoms with Crippen LogP contribution in [0.3, 0.4) is 0 Å². The van der Waals surface area contributed by atoms with Crippen molar-refractivity contribution in [3.63, 3.8) is 0 Å². The van der Waals surface area contributed by atoms with Gasteiger partial charge in [-0.1, -0.05) is 17.7 Å². The molecule has 1 amide bonds. The van der Waals surface area contributed by atoms with Crippen molar-refractivity contribution in [2.24, 2.45) is 0 Å². The van der Waals surface area contributed by atoms with Gasteiger partial charge in [-0.15, -0.1) is 0 Å². The van der Waals surface area contributed by atoms with E-state index in [9.17, 15) is 13.2 Å². The number of anilines is 1. The van der Waals surface area contributed by atoms with Crippen LogP contribution in [-0.4, -0.2) is 51.9 Å². The number of carbonyl (C=O) groups is 1. The van der Waals surface area contributed by atoms with E-state index in [2.05, 4.69) is 14.6 Å². The van der Waals surface area contributed by atoms with Gasteiger partial charge in [0.05, 0.1) is 24.2 Å². The summed E-state index contributed by atoms with van der Waals surface area (Å²) in [7, 11) is -3.64. The SMILES string of the molecule is O=C(CCNS(=O)(=O)c1ccc(Cl)cc1)N1CCN(c2cccc[nH+]2)CC1. The van der Waals surface area contributed by atoms with Crippen molar-refractivity contribution in [2.45, 2.75) is 11.3 Å². The summed E-state index contributed by atoms with van der Waals surface area (Å²) in [5.41, 5.74) is 0. The first-order valence-electron chi connectivity index (χ1n) is 8.70. The number of hydrogen-bond donors (Lipinski definition) is 1. The van der Waals surface area contributed by atoms with Gasteiger partial charge in [0.2, 0.25) is 15.9 Å². The predicted octanol–water partition coefficient (Wildman–Crippen LogP) is 1.17. The second-order valence-electron chi connectivity index (χ2n) is 6.22. The summed E-state index contributed by atoms with van der Waals surface area (Å²) in [5.74, 6) is 0.978. The number of nitrogens with one attached hydrogen (secondary N) is 2.